The molecule has 1 amide bonds. The molecule has 5 heteroatoms. The van der Waals surface area contributed by atoms with Crippen molar-refractivity contribution in [1.82, 2.24) is 15.2 Å². The first-order chi connectivity index (χ1) is 10.2. The van der Waals surface area contributed by atoms with Gasteiger partial charge in [0.2, 0.25) is 0 Å². The number of anilines is 1. The highest BCUT2D eigenvalue weighted by Crippen LogP contribution is 2.06. The Morgan fingerprint density at radius 3 is 2.52 bits per heavy atom. The predicted octanol–water partition coefficient (Wildman–Crippen LogP) is 2.37. The van der Waals surface area contributed by atoms with Gasteiger partial charge in [0, 0.05) is 19.6 Å². The zero-order chi connectivity index (χ0) is 15.5. The molecule has 0 bridgehead atoms. The lowest BCUT2D eigenvalue weighted by molar-refractivity contribution is 0.0943. The van der Waals surface area contributed by atoms with E-state index in [1.54, 1.807) is 12.3 Å². The van der Waals surface area contributed by atoms with Gasteiger partial charge in [-0.25, -0.2) is 4.98 Å². The van der Waals surface area contributed by atoms with Crippen LogP contribution in [0, 0.1) is 0 Å². The summed E-state index contributed by atoms with van der Waals surface area (Å²) in [5.74, 6) is -0.107. The van der Waals surface area contributed by atoms with Crippen molar-refractivity contribution in [3.63, 3.8) is 0 Å². The zero-order valence-electron chi connectivity index (χ0n) is 13.5. The van der Waals surface area contributed by atoms with Crippen molar-refractivity contribution in [3.05, 3.63) is 24.0 Å². The first-order valence-corrected chi connectivity index (χ1v) is 7.91. The maximum absolute atomic E-state index is 12.0. The van der Waals surface area contributed by atoms with Crippen LogP contribution in [-0.2, 0) is 0 Å². The number of pyridine rings is 1. The number of nitrogens with one attached hydrogen (secondary N) is 2. The highest BCUT2D eigenvalue weighted by Gasteiger charge is 2.07. The van der Waals surface area contributed by atoms with Gasteiger partial charge in [-0.15, -0.1) is 0 Å². The van der Waals surface area contributed by atoms with Crippen molar-refractivity contribution in [2.24, 2.45) is 0 Å². The molecule has 1 aromatic rings. The van der Waals surface area contributed by atoms with Gasteiger partial charge in [0.15, 0.2) is 0 Å². The van der Waals surface area contributed by atoms with E-state index in [9.17, 15) is 4.79 Å². The summed E-state index contributed by atoms with van der Waals surface area (Å²) in [6.07, 6.45) is 3.91. The van der Waals surface area contributed by atoms with E-state index in [1.165, 1.54) is 0 Å². The number of nitrogens with zero attached hydrogens (tertiary/aromatic N) is 2. The number of hydrogen-bond acceptors (Lipinski definition) is 4. The quantitative estimate of drug-likeness (QED) is 0.695. The van der Waals surface area contributed by atoms with E-state index in [0.717, 1.165) is 44.7 Å². The first-order valence-electron chi connectivity index (χ1n) is 7.91. The van der Waals surface area contributed by atoms with Gasteiger partial charge in [-0.1, -0.05) is 20.8 Å². The van der Waals surface area contributed by atoms with Crippen LogP contribution in [0.4, 0.5) is 5.69 Å². The Morgan fingerprint density at radius 2 is 1.95 bits per heavy atom. The zero-order valence-corrected chi connectivity index (χ0v) is 13.5. The van der Waals surface area contributed by atoms with Crippen molar-refractivity contribution in [3.8, 4) is 0 Å². The van der Waals surface area contributed by atoms with Crippen LogP contribution in [-0.4, -0.2) is 48.5 Å². The Hall–Kier alpha value is -1.62. The highest BCUT2D eigenvalue weighted by atomic mass is 16.1. The fourth-order valence-electron chi connectivity index (χ4n) is 2.06. The van der Waals surface area contributed by atoms with Crippen LogP contribution in [0.2, 0.25) is 0 Å². The lowest BCUT2D eigenvalue weighted by Gasteiger charge is -2.19. The minimum absolute atomic E-state index is 0.107. The lowest BCUT2D eigenvalue weighted by atomic mass is 10.3. The second kappa shape index (κ2) is 10.2. The third kappa shape index (κ3) is 6.58. The summed E-state index contributed by atoms with van der Waals surface area (Å²) >= 11 is 0. The van der Waals surface area contributed by atoms with Crippen LogP contribution < -0.4 is 10.6 Å². The molecule has 5 nitrogen and oxygen atoms in total. The van der Waals surface area contributed by atoms with E-state index in [-0.39, 0.29) is 5.91 Å². The van der Waals surface area contributed by atoms with Crippen molar-refractivity contribution in [1.29, 1.82) is 0 Å². The monoisotopic (exact) mass is 292 g/mol. The second-order valence-electron chi connectivity index (χ2n) is 5.05. The first kappa shape index (κ1) is 17.4. The molecule has 0 aromatic carbocycles. The molecule has 0 aliphatic heterocycles. The van der Waals surface area contributed by atoms with Crippen molar-refractivity contribution >= 4 is 11.6 Å². The minimum Gasteiger partial charge on any atom is -0.384 e. The van der Waals surface area contributed by atoms with E-state index >= 15 is 0 Å². The number of carbonyl (C=O) groups is 1. The van der Waals surface area contributed by atoms with Crippen LogP contribution >= 0.6 is 0 Å². The predicted molar refractivity (Wildman–Crippen MR) is 87.8 cm³/mol. The van der Waals surface area contributed by atoms with Crippen molar-refractivity contribution < 1.29 is 4.79 Å². The Labute approximate surface area is 128 Å². The van der Waals surface area contributed by atoms with Gasteiger partial charge in [-0.3, -0.25) is 4.79 Å². The molecule has 0 saturated carbocycles. The van der Waals surface area contributed by atoms with E-state index < -0.39 is 0 Å². The molecule has 0 aliphatic rings. The largest absolute Gasteiger partial charge is 0.384 e. The lowest BCUT2D eigenvalue weighted by Crippen LogP contribution is -2.35. The summed E-state index contributed by atoms with van der Waals surface area (Å²) < 4.78 is 0. The molecule has 0 radical (unpaired) electrons. The van der Waals surface area contributed by atoms with Gasteiger partial charge in [0.1, 0.15) is 5.69 Å². The molecule has 0 aliphatic carbocycles. The molecule has 1 rings (SSSR count). The highest BCUT2D eigenvalue weighted by molar-refractivity contribution is 5.92. The van der Waals surface area contributed by atoms with Crippen LogP contribution in [0.1, 0.15) is 44.1 Å². The number of carbonyl (C=O) groups excluding carboxylic acids is 1. The fourth-order valence-corrected chi connectivity index (χ4v) is 2.06. The van der Waals surface area contributed by atoms with E-state index in [0.29, 0.717) is 12.2 Å². The molecule has 0 fully saturated rings. The van der Waals surface area contributed by atoms with Crippen molar-refractivity contribution in [2.75, 3.05) is 38.0 Å². The maximum atomic E-state index is 12.0. The topological polar surface area (TPSA) is 57.3 Å². The SMILES string of the molecule is CCCNc1ccc(C(=O)NCCN(CC)CCC)nc1. The maximum Gasteiger partial charge on any atom is 0.269 e. The summed E-state index contributed by atoms with van der Waals surface area (Å²) in [6.45, 7) is 11.0. The second-order valence-corrected chi connectivity index (χ2v) is 5.05. The Morgan fingerprint density at radius 1 is 1.14 bits per heavy atom. The van der Waals surface area contributed by atoms with Gasteiger partial charge in [0.25, 0.3) is 5.91 Å². The summed E-state index contributed by atoms with van der Waals surface area (Å²) in [6, 6.07) is 3.66. The standard InChI is InChI=1S/C16H28N4O/c1-4-9-17-14-7-8-15(19-13-14)16(21)18-10-12-20(6-3)11-5-2/h7-8,13,17H,4-6,9-12H2,1-3H3,(H,18,21). The smallest absolute Gasteiger partial charge is 0.269 e. The van der Waals surface area contributed by atoms with Crippen LogP contribution in [0.5, 0.6) is 0 Å². The molecule has 118 valence electrons. The Balaban J connectivity index is 2.37. The Bertz CT molecular complexity index is 405. The van der Waals surface area contributed by atoms with Crippen LogP contribution in [0.25, 0.3) is 0 Å². The van der Waals surface area contributed by atoms with E-state index in [4.69, 9.17) is 0 Å². The summed E-state index contributed by atoms with van der Waals surface area (Å²) in [5, 5.41) is 6.16. The van der Waals surface area contributed by atoms with Gasteiger partial charge < -0.3 is 15.5 Å². The normalized spacial score (nSPS) is 10.7. The number of amides is 1. The minimum atomic E-state index is -0.107. The average Bonchev–Trinajstić information content (AvgIpc) is 2.52. The van der Waals surface area contributed by atoms with Gasteiger partial charge in [0.05, 0.1) is 11.9 Å². The number of rotatable bonds is 10. The van der Waals surface area contributed by atoms with Gasteiger partial charge >= 0.3 is 0 Å². The molecule has 1 heterocycles. The van der Waals surface area contributed by atoms with Crippen LogP contribution in [0.3, 0.4) is 0 Å². The average molecular weight is 292 g/mol. The molecule has 2 N–H and O–H groups in total. The molecule has 0 unspecified atom stereocenters. The van der Waals surface area contributed by atoms with E-state index in [2.05, 4.69) is 41.3 Å². The third-order valence-electron chi connectivity index (χ3n) is 3.28. The number of hydrogen-bond donors (Lipinski definition) is 2. The molecule has 0 saturated heterocycles. The third-order valence-corrected chi connectivity index (χ3v) is 3.28. The molecular formula is C16H28N4O. The van der Waals surface area contributed by atoms with Gasteiger partial charge in [-0.05, 0) is 38.1 Å². The summed E-state index contributed by atoms with van der Waals surface area (Å²) in [5.41, 5.74) is 1.42. The molecule has 0 spiro atoms. The van der Waals surface area contributed by atoms with Crippen LogP contribution in [0.15, 0.2) is 18.3 Å². The fraction of sp³-hybridized carbons (Fsp3) is 0.625. The summed E-state index contributed by atoms with van der Waals surface area (Å²) in [7, 11) is 0. The summed E-state index contributed by atoms with van der Waals surface area (Å²) in [4.78, 5) is 18.5. The number of likely N-dealkylation sites (N-methyl/N-ethyl adjacent to an activating group) is 1. The number of aromatic nitrogens is 1. The van der Waals surface area contributed by atoms with Crippen molar-refractivity contribution in [2.45, 2.75) is 33.6 Å². The molecule has 0 atom stereocenters. The molecule has 1 aromatic heterocycles. The van der Waals surface area contributed by atoms with E-state index in [1.807, 2.05) is 6.07 Å². The molecular weight excluding hydrogens is 264 g/mol. The molecule has 21 heavy (non-hydrogen) atoms. The van der Waals surface area contributed by atoms with Gasteiger partial charge in [-0.2, -0.15) is 0 Å². The Kier molecular flexibility index (Phi) is 8.43.